The highest BCUT2D eigenvalue weighted by Crippen LogP contribution is 2.33. The number of hydrogen-bond donors (Lipinski definition) is 1. The number of ether oxygens (including phenoxy) is 2. The van der Waals surface area contributed by atoms with Crippen molar-refractivity contribution in [2.45, 2.75) is 45.1 Å². The second-order valence-electron chi connectivity index (χ2n) is 7.31. The van der Waals surface area contributed by atoms with Gasteiger partial charge in [0.15, 0.2) is 17.3 Å². The molecular formula is C20H27NO5. The molecule has 1 atom stereocenters. The Hall–Kier alpha value is -2.08. The molecule has 0 spiro atoms. The van der Waals surface area contributed by atoms with E-state index in [9.17, 15) is 14.7 Å². The largest absolute Gasteiger partial charge is 0.486 e. The topological polar surface area (TPSA) is 76.1 Å². The fourth-order valence-electron chi connectivity index (χ4n) is 3.71. The number of hydrogen-bond acceptors (Lipinski definition) is 5. The molecular weight excluding hydrogens is 334 g/mol. The zero-order valence-corrected chi connectivity index (χ0v) is 15.5. The summed E-state index contributed by atoms with van der Waals surface area (Å²) in [6.45, 7) is 5.53. The quantitative estimate of drug-likeness (QED) is 0.815. The van der Waals surface area contributed by atoms with Crippen LogP contribution in [0.4, 0.5) is 0 Å². The molecule has 0 aliphatic carbocycles. The maximum absolute atomic E-state index is 12.8. The van der Waals surface area contributed by atoms with E-state index in [1.54, 1.807) is 30.0 Å². The number of rotatable bonds is 5. The van der Waals surface area contributed by atoms with Crippen molar-refractivity contribution < 1.29 is 24.2 Å². The van der Waals surface area contributed by atoms with Gasteiger partial charge >= 0.3 is 0 Å². The van der Waals surface area contributed by atoms with Gasteiger partial charge in [-0.2, -0.15) is 0 Å². The van der Waals surface area contributed by atoms with Crippen LogP contribution >= 0.6 is 0 Å². The summed E-state index contributed by atoms with van der Waals surface area (Å²) in [7, 11) is 0. The first-order chi connectivity index (χ1) is 12.4. The molecule has 1 fully saturated rings. The molecule has 26 heavy (non-hydrogen) atoms. The number of carbonyl (C=O) groups excluding carboxylic acids is 2. The Labute approximate surface area is 154 Å². The van der Waals surface area contributed by atoms with Crippen LogP contribution in [-0.2, 0) is 4.79 Å². The summed E-state index contributed by atoms with van der Waals surface area (Å²) in [6.07, 6.45) is 2.42. The molecule has 6 heteroatoms. The van der Waals surface area contributed by atoms with E-state index in [4.69, 9.17) is 9.47 Å². The van der Waals surface area contributed by atoms with Gasteiger partial charge in [-0.15, -0.1) is 0 Å². The van der Waals surface area contributed by atoms with Crippen molar-refractivity contribution in [2.24, 2.45) is 5.92 Å². The Morgan fingerprint density at radius 1 is 1.19 bits per heavy atom. The van der Waals surface area contributed by atoms with Crippen LogP contribution in [0.25, 0.3) is 0 Å². The fraction of sp³-hybridized carbons (Fsp3) is 0.600. The highest BCUT2D eigenvalue weighted by molar-refractivity contribution is 5.98. The summed E-state index contributed by atoms with van der Waals surface area (Å²) < 4.78 is 11.0. The van der Waals surface area contributed by atoms with E-state index in [0.29, 0.717) is 62.6 Å². The van der Waals surface area contributed by atoms with E-state index in [-0.39, 0.29) is 17.6 Å². The van der Waals surface area contributed by atoms with Gasteiger partial charge in [-0.05, 0) is 44.4 Å². The Bertz CT molecular complexity index is 677. The molecule has 1 saturated heterocycles. The van der Waals surface area contributed by atoms with E-state index in [1.807, 2.05) is 6.92 Å². The summed E-state index contributed by atoms with van der Waals surface area (Å²) in [4.78, 5) is 27.0. The predicted molar refractivity (Wildman–Crippen MR) is 96.6 cm³/mol. The lowest BCUT2D eigenvalue weighted by Crippen LogP contribution is -2.50. The Morgan fingerprint density at radius 3 is 2.50 bits per heavy atom. The van der Waals surface area contributed by atoms with Crippen LogP contribution in [0.1, 0.15) is 49.9 Å². The molecule has 0 radical (unpaired) electrons. The minimum Gasteiger partial charge on any atom is -0.486 e. The molecule has 2 aliphatic rings. The summed E-state index contributed by atoms with van der Waals surface area (Å²) in [5.74, 6) is 1.02. The highest BCUT2D eigenvalue weighted by atomic mass is 16.6. The standard InChI is InChI=1S/C20H27NO5/c1-3-8-20(2,24)19(23)21-9-6-14(7-10-21)18(22)15-4-5-16-17(13-15)26-12-11-25-16/h4-5,13-14,24H,3,6-12H2,1-2H3/t20-/m0/s1. The number of benzene rings is 1. The number of likely N-dealkylation sites (tertiary alicyclic amines) is 1. The maximum atomic E-state index is 12.8. The van der Waals surface area contributed by atoms with Crippen molar-refractivity contribution in [3.8, 4) is 11.5 Å². The first-order valence-electron chi connectivity index (χ1n) is 9.38. The maximum Gasteiger partial charge on any atom is 0.254 e. The SMILES string of the molecule is CCC[C@](C)(O)C(=O)N1CCC(C(=O)c2ccc3c(c2)OCCO3)CC1. The lowest BCUT2D eigenvalue weighted by Gasteiger charge is -2.36. The third-order valence-electron chi connectivity index (χ3n) is 5.18. The number of aliphatic hydroxyl groups is 1. The number of piperidine rings is 1. The van der Waals surface area contributed by atoms with E-state index < -0.39 is 5.60 Å². The fourth-order valence-corrected chi connectivity index (χ4v) is 3.71. The molecule has 1 aromatic carbocycles. The summed E-state index contributed by atoms with van der Waals surface area (Å²) >= 11 is 0. The molecule has 6 nitrogen and oxygen atoms in total. The Balaban J connectivity index is 1.61. The third kappa shape index (κ3) is 3.85. The average molecular weight is 361 g/mol. The molecule has 0 saturated carbocycles. The predicted octanol–water partition coefficient (Wildman–Crippen LogP) is 2.43. The number of fused-ring (bicyclic) bond motifs is 1. The van der Waals surface area contributed by atoms with Crippen molar-refractivity contribution in [3.63, 3.8) is 0 Å². The summed E-state index contributed by atoms with van der Waals surface area (Å²) in [5, 5.41) is 10.3. The minimum absolute atomic E-state index is 0.0781. The van der Waals surface area contributed by atoms with E-state index >= 15 is 0 Å². The van der Waals surface area contributed by atoms with Crippen LogP contribution in [-0.4, -0.2) is 53.6 Å². The van der Waals surface area contributed by atoms with Crippen molar-refractivity contribution in [3.05, 3.63) is 23.8 Å². The molecule has 0 unspecified atom stereocenters. The highest BCUT2D eigenvalue weighted by Gasteiger charge is 2.36. The van der Waals surface area contributed by atoms with Gasteiger partial charge in [0.25, 0.3) is 5.91 Å². The van der Waals surface area contributed by atoms with Crippen molar-refractivity contribution in [2.75, 3.05) is 26.3 Å². The third-order valence-corrected chi connectivity index (χ3v) is 5.18. The second-order valence-corrected chi connectivity index (χ2v) is 7.31. The van der Waals surface area contributed by atoms with Gasteiger partial charge in [0, 0.05) is 24.6 Å². The zero-order valence-electron chi connectivity index (χ0n) is 15.5. The molecule has 0 aromatic heterocycles. The van der Waals surface area contributed by atoms with Crippen LogP contribution < -0.4 is 9.47 Å². The van der Waals surface area contributed by atoms with Crippen LogP contribution in [0.2, 0.25) is 0 Å². The molecule has 1 N–H and O–H groups in total. The molecule has 142 valence electrons. The molecule has 3 rings (SSSR count). The van der Waals surface area contributed by atoms with Gasteiger partial charge in [-0.3, -0.25) is 9.59 Å². The van der Waals surface area contributed by atoms with E-state index in [1.165, 1.54) is 0 Å². The molecule has 1 amide bonds. The van der Waals surface area contributed by atoms with Crippen LogP contribution in [0.3, 0.4) is 0 Å². The zero-order chi connectivity index (χ0) is 18.7. The van der Waals surface area contributed by atoms with Gasteiger partial charge in [0.2, 0.25) is 0 Å². The number of nitrogens with zero attached hydrogens (tertiary/aromatic N) is 1. The van der Waals surface area contributed by atoms with Crippen molar-refractivity contribution in [1.82, 2.24) is 4.90 Å². The number of amides is 1. The lowest BCUT2D eigenvalue weighted by molar-refractivity contribution is -0.151. The lowest BCUT2D eigenvalue weighted by atomic mass is 9.87. The summed E-state index contributed by atoms with van der Waals surface area (Å²) in [5.41, 5.74) is -0.696. The molecule has 2 heterocycles. The Kier molecular flexibility index (Phi) is 5.51. The van der Waals surface area contributed by atoms with Crippen LogP contribution in [0.15, 0.2) is 18.2 Å². The van der Waals surface area contributed by atoms with Crippen molar-refractivity contribution in [1.29, 1.82) is 0 Å². The first-order valence-corrected chi connectivity index (χ1v) is 9.38. The monoisotopic (exact) mass is 361 g/mol. The van der Waals surface area contributed by atoms with Gasteiger partial charge in [-0.1, -0.05) is 13.3 Å². The minimum atomic E-state index is -1.32. The number of ketones is 1. The molecule has 0 bridgehead atoms. The smallest absolute Gasteiger partial charge is 0.254 e. The number of Topliss-reactive ketones (excluding diaryl/α,β-unsaturated/α-hetero) is 1. The second kappa shape index (κ2) is 7.66. The normalized spacial score (nSPS) is 19.7. The Morgan fingerprint density at radius 2 is 1.85 bits per heavy atom. The average Bonchev–Trinajstić information content (AvgIpc) is 2.66. The first kappa shape index (κ1) is 18.7. The van der Waals surface area contributed by atoms with Gasteiger partial charge < -0.3 is 19.5 Å². The van der Waals surface area contributed by atoms with Crippen molar-refractivity contribution >= 4 is 11.7 Å². The van der Waals surface area contributed by atoms with E-state index in [0.717, 1.165) is 6.42 Å². The summed E-state index contributed by atoms with van der Waals surface area (Å²) in [6, 6.07) is 5.31. The van der Waals surface area contributed by atoms with Crippen LogP contribution in [0.5, 0.6) is 11.5 Å². The number of carbonyl (C=O) groups is 2. The van der Waals surface area contributed by atoms with E-state index in [2.05, 4.69) is 0 Å². The molecule has 2 aliphatic heterocycles. The van der Waals surface area contributed by atoms with Gasteiger partial charge in [0.1, 0.15) is 18.8 Å². The van der Waals surface area contributed by atoms with Gasteiger partial charge in [-0.25, -0.2) is 0 Å². The molecule has 1 aromatic rings. The van der Waals surface area contributed by atoms with Crippen LogP contribution in [0, 0.1) is 5.92 Å². The van der Waals surface area contributed by atoms with Gasteiger partial charge in [0.05, 0.1) is 0 Å².